The Morgan fingerprint density at radius 2 is 2.00 bits per heavy atom. The molecule has 0 fully saturated rings. The van der Waals surface area contributed by atoms with E-state index in [-0.39, 0.29) is 12.3 Å². The standard InChI is InChI=1S/C21H25F3N6O/c1-3-25-20(26-10-9-19-29-28-18-6-4-5-11-30(18)19)27-13-16-8-7-15(2)12-17(16)31-14-21(22,23)24/h4-8,11-12H,3,9-10,13-14H2,1-2H3,(H2,25,26,27). The first-order valence-corrected chi connectivity index (χ1v) is 9.95. The number of fused-ring (bicyclic) bond motifs is 1. The van der Waals surface area contributed by atoms with Gasteiger partial charge < -0.3 is 15.4 Å². The number of benzene rings is 1. The lowest BCUT2D eigenvalue weighted by Crippen LogP contribution is -2.38. The Balaban J connectivity index is 1.64. The number of ether oxygens (including phenoxy) is 1. The predicted molar refractivity (Wildman–Crippen MR) is 112 cm³/mol. The Bertz CT molecular complexity index is 1030. The van der Waals surface area contributed by atoms with Crippen molar-refractivity contribution in [1.29, 1.82) is 0 Å². The first-order chi connectivity index (χ1) is 14.9. The molecule has 0 amide bonds. The van der Waals surface area contributed by atoms with Gasteiger partial charge in [-0.05, 0) is 37.6 Å². The van der Waals surface area contributed by atoms with Gasteiger partial charge in [-0.2, -0.15) is 13.2 Å². The molecule has 0 unspecified atom stereocenters. The van der Waals surface area contributed by atoms with Crippen molar-refractivity contribution in [3.63, 3.8) is 0 Å². The van der Waals surface area contributed by atoms with Gasteiger partial charge in [0.25, 0.3) is 0 Å². The van der Waals surface area contributed by atoms with Crippen LogP contribution < -0.4 is 15.4 Å². The van der Waals surface area contributed by atoms with Gasteiger partial charge in [0.1, 0.15) is 11.6 Å². The topological polar surface area (TPSA) is 75.8 Å². The highest BCUT2D eigenvalue weighted by atomic mass is 19.4. The molecule has 3 aromatic rings. The second-order valence-corrected chi connectivity index (χ2v) is 6.93. The van der Waals surface area contributed by atoms with Gasteiger partial charge in [-0.1, -0.05) is 18.2 Å². The van der Waals surface area contributed by atoms with Gasteiger partial charge in [0.05, 0.1) is 6.54 Å². The fourth-order valence-electron chi connectivity index (χ4n) is 2.95. The lowest BCUT2D eigenvalue weighted by atomic mass is 10.1. The zero-order valence-corrected chi connectivity index (χ0v) is 17.4. The van der Waals surface area contributed by atoms with E-state index in [1.807, 2.05) is 41.8 Å². The first kappa shape index (κ1) is 22.4. The van der Waals surface area contributed by atoms with E-state index in [1.165, 1.54) is 0 Å². The molecule has 1 aromatic carbocycles. The summed E-state index contributed by atoms with van der Waals surface area (Å²) in [5.41, 5.74) is 2.18. The molecule has 0 bridgehead atoms. The van der Waals surface area contributed by atoms with Crippen LogP contribution in [0.2, 0.25) is 0 Å². The summed E-state index contributed by atoms with van der Waals surface area (Å²) in [7, 11) is 0. The van der Waals surface area contributed by atoms with E-state index in [2.05, 4.69) is 25.8 Å². The van der Waals surface area contributed by atoms with Crippen molar-refractivity contribution in [3.05, 3.63) is 59.5 Å². The van der Waals surface area contributed by atoms with Crippen molar-refractivity contribution in [2.24, 2.45) is 4.99 Å². The van der Waals surface area contributed by atoms with E-state index in [0.29, 0.717) is 31.0 Å². The number of halogens is 3. The predicted octanol–water partition coefficient (Wildman–Crippen LogP) is 3.28. The van der Waals surface area contributed by atoms with Crippen molar-refractivity contribution in [3.8, 4) is 5.75 Å². The van der Waals surface area contributed by atoms with Crippen LogP contribution in [-0.2, 0) is 13.0 Å². The van der Waals surface area contributed by atoms with Gasteiger partial charge in [-0.25, -0.2) is 4.99 Å². The Hall–Kier alpha value is -3.30. The molecule has 0 spiro atoms. The van der Waals surface area contributed by atoms with Crippen LogP contribution in [0.4, 0.5) is 13.2 Å². The Labute approximate surface area is 178 Å². The molecule has 7 nitrogen and oxygen atoms in total. The van der Waals surface area contributed by atoms with E-state index in [4.69, 9.17) is 4.74 Å². The third-order valence-corrected chi connectivity index (χ3v) is 4.39. The average molecular weight is 434 g/mol. The molecule has 0 saturated heterocycles. The maximum absolute atomic E-state index is 12.6. The highest BCUT2D eigenvalue weighted by molar-refractivity contribution is 5.79. The summed E-state index contributed by atoms with van der Waals surface area (Å²) in [6.07, 6.45) is -1.86. The van der Waals surface area contributed by atoms with Crippen LogP contribution in [0.3, 0.4) is 0 Å². The van der Waals surface area contributed by atoms with Gasteiger partial charge in [0, 0.05) is 31.3 Å². The highest BCUT2D eigenvalue weighted by Gasteiger charge is 2.28. The quantitative estimate of drug-likeness (QED) is 0.420. The van der Waals surface area contributed by atoms with E-state index >= 15 is 0 Å². The lowest BCUT2D eigenvalue weighted by Gasteiger charge is -2.14. The molecule has 3 rings (SSSR count). The van der Waals surface area contributed by atoms with E-state index in [0.717, 1.165) is 17.0 Å². The number of aliphatic imine (C=N–C) groups is 1. The zero-order chi connectivity index (χ0) is 22.3. The van der Waals surface area contributed by atoms with Gasteiger partial charge in [0.15, 0.2) is 18.2 Å². The molecule has 0 radical (unpaired) electrons. The third kappa shape index (κ3) is 6.59. The molecule has 0 aliphatic heterocycles. The maximum Gasteiger partial charge on any atom is 0.422 e. The minimum absolute atomic E-state index is 0.177. The number of pyridine rings is 1. The van der Waals surface area contributed by atoms with Crippen LogP contribution in [0.5, 0.6) is 5.75 Å². The minimum atomic E-state index is -4.40. The van der Waals surface area contributed by atoms with Crippen LogP contribution in [0.1, 0.15) is 23.9 Å². The summed E-state index contributed by atoms with van der Waals surface area (Å²) >= 11 is 0. The first-order valence-electron chi connectivity index (χ1n) is 9.95. The molecule has 31 heavy (non-hydrogen) atoms. The lowest BCUT2D eigenvalue weighted by molar-refractivity contribution is -0.153. The van der Waals surface area contributed by atoms with E-state index in [1.54, 1.807) is 19.1 Å². The smallest absolute Gasteiger partial charge is 0.422 e. The number of alkyl halides is 3. The molecule has 0 atom stereocenters. The molecule has 2 aromatic heterocycles. The van der Waals surface area contributed by atoms with Crippen molar-refractivity contribution >= 4 is 11.6 Å². The van der Waals surface area contributed by atoms with E-state index < -0.39 is 12.8 Å². The number of aryl methyl sites for hydroxylation is 1. The van der Waals surface area contributed by atoms with Crippen molar-refractivity contribution in [2.45, 2.75) is 33.0 Å². The molecule has 2 N–H and O–H groups in total. The zero-order valence-electron chi connectivity index (χ0n) is 17.4. The van der Waals surface area contributed by atoms with Crippen molar-refractivity contribution in [1.82, 2.24) is 25.2 Å². The van der Waals surface area contributed by atoms with Crippen LogP contribution in [-0.4, -0.2) is 46.4 Å². The number of hydrogen-bond donors (Lipinski definition) is 2. The van der Waals surface area contributed by atoms with Crippen molar-refractivity contribution in [2.75, 3.05) is 19.7 Å². The molecule has 2 heterocycles. The molecular weight excluding hydrogens is 409 g/mol. The van der Waals surface area contributed by atoms with Crippen LogP contribution in [0.15, 0.2) is 47.6 Å². The fraction of sp³-hybridized carbons (Fsp3) is 0.381. The van der Waals surface area contributed by atoms with Gasteiger partial charge in [-0.15, -0.1) is 10.2 Å². The van der Waals surface area contributed by atoms with Gasteiger partial charge in [-0.3, -0.25) is 4.40 Å². The summed E-state index contributed by atoms with van der Waals surface area (Å²) in [5, 5.41) is 14.7. The number of hydrogen-bond acceptors (Lipinski definition) is 4. The number of nitrogens with one attached hydrogen (secondary N) is 2. The molecular formula is C21H25F3N6O. The second kappa shape index (κ2) is 10.1. The number of guanidine groups is 1. The summed E-state index contributed by atoms with van der Waals surface area (Å²) in [6, 6.07) is 10.8. The summed E-state index contributed by atoms with van der Waals surface area (Å²) in [6.45, 7) is 3.78. The molecule has 166 valence electrons. The molecule has 0 aliphatic rings. The van der Waals surface area contributed by atoms with Crippen molar-refractivity contribution < 1.29 is 17.9 Å². The Kier molecular flexibility index (Phi) is 7.32. The summed E-state index contributed by atoms with van der Waals surface area (Å²) in [4.78, 5) is 4.49. The number of nitrogens with zero attached hydrogens (tertiary/aromatic N) is 4. The molecule has 10 heteroatoms. The molecule has 0 saturated carbocycles. The Morgan fingerprint density at radius 3 is 2.77 bits per heavy atom. The number of rotatable bonds is 8. The van der Waals surface area contributed by atoms with Crippen LogP contribution in [0.25, 0.3) is 5.65 Å². The highest BCUT2D eigenvalue weighted by Crippen LogP contribution is 2.24. The Morgan fingerprint density at radius 1 is 1.16 bits per heavy atom. The summed E-state index contributed by atoms with van der Waals surface area (Å²) in [5.74, 6) is 1.56. The third-order valence-electron chi connectivity index (χ3n) is 4.39. The fourth-order valence-corrected chi connectivity index (χ4v) is 2.95. The monoisotopic (exact) mass is 434 g/mol. The minimum Gasteiger partial charge on any atom is -0.484 e. The van der Waals surface area contributed by atoms with E-state index in [9.17, 15) is 13.2 Å². The molecule has 0 aliphatic carbocycles. The maximum atomic E-state index is 12.6. The van der Waals surface area contributed by atoms with Gasteiger partial charge in [0.2, 0.25) is 0 Å². The largest absolute Gasteiger partial charge is 0.484 e. The van der Waals surface area contributed by atoms with Crippen LogP contribution in [0, 0.1) is 6.92 Å². The average Bonchev–Trinajstić information content (AvgIpc) is 3.14. The van der Waals surface area contributed by atoms with Gasteiger partial charge >= 0.3 is 6.18 Å². The van der Waals surface area contributed by atoms with Crippen LogP contribution >= 0.6 is 0 Å². The summed E-state index contributed by atoms with van der Waals surface area (Å²) < 4.78 is 44.6. The number of aromatic nitrogens is 3. The second-order valence-electron chi connectivity index (χ2n) is 6.93. The SMILES string of the molecule is CCNC(=NCc1ccc(C)cc1OCC(F)(F)F)NCCc1nnc2ccccn12. The normalized spacial score (nSPS) is 12.2.